The van der Waals surface area contributed by atoms with Crippen LogP contribution >= 0.6 is 0 Å². The van der Waals surface area contributed by atoms with Crippen LogP contribution in [0.15, 0.2) is 109 Å². The van der Waals surface area contributed by atoms with Crippen molar-refractivity contribution in [2.45, 2.75) is 19.1 Å². The summed E-state index contributed by atoms with van der Waals surface area (Å²) in [5, 5.41) is 4.01. The molecule has 0 aliphatic heterocycles. The Balaban J connectivity index is 1.70. The summed E-state index contributed by atoms with van der Waals surface area (Å²) in [5.74, 6) is 0. The Morgan fingerprint density at radius 1 is 0.576 bits per heavy atom. The summed E-state index contributed by atoms with van der Waals surface area (Å²) in [6.07, 6.45) is 0.716. The molecular formula is C28H32N2OSi2. The average molecular weight is 469 g/mol. The van der Waals surface area contributed by atoms with Gasteiger partial charge in [-0.25, -0.2) is 0 Å². The Morgan fingerprint density at radius 2 is 1.03 bits per heavy atom. The first-order chi connectivity index (χ1) is 15.9. The van der Waals surface area contributed by atoms with E-state index in [0.717, 1.165) is 17.4 Å². The lowest BCUT2D eigenvalue weighted by Crippen LogP contribution is -2.63. The van der Waals surface area contributed by atoms with E-state index >= 15 is 0 Å². The summed E-state index contributed by atoms with van der Waals surface area (Å²) >= 11 is 0. The Morgan fingerprint density at radius 3 is 1.58 bits per heavy atom. The summed E-state index contributed by atoms with van der Waals surface area (Å²) in [5.41, 5.74) is 14.8. The number of hydrogen-bond donors (Lipinski definition) is 2. The molecule has 0 amide bonds. The fourth-order valence-electron chi connectivity index (χ4n) is 4.35. The highest BCUT2D eigenvalue weighted by Gasteiger charge is 2.38. The highest BCUT2D eigenvalue weighted by Crippen LogP contribution is 2.18. The van der Waals surface area contributed by atoms with Crippen molar-refractivity contribution in [2.24, 2.45) is 0 Å². The SMILES string of the molecule is C[Si](Cc1ccc(N)cc1)(OC[Si](C)(c1ccccc1)c1ccc(N)cc1)c1ccccc1. The van der Waals surface area contributed by atoms with Crippen molar-refractivity contribution in [3.8, 4) is 0 Å². The molecule has 0 saturated heterocycles. The lowest BCUT2D eigenvalue weighted by Gasteiger charge is -2.35. The Hall–Kier alpha value is -3.13. The quantitative estimate of drug-likeness (QED) is 0.305. The molecule has 0 saturated carbocycles. The number of anilines is 2. The van der Waals surface area contributed by atoms with Gasteiger partial charge in [0.2, 0.25) is 8.32 Å². The molecular weight excluding hydrogens is 436 g/mol. The van der Waals surface area contributed by atoms with E-state index < -0.39 is 16.4 Å². The molecule has 4 aromatic rings. The molecule has 33 heavy (non-hydrogen) atoms. The second-order valence-corrected chi connectivity index (χ2v) is 16.9. The second kappa shape index (κ2) is 9.79. The van der Waals surface area contributed by atoms with Crippen LogP contribution < -0.4 is 27.0 Å². The topological polar surface area (TPSA) is 61.3 Å². The van der Waals surface area contributed by atoms with E-state index in [1.807, 2.05) is 24.3 Å². The zero-order chi connectivity index (χ0) is 23.3. The summed E-state index contributed by atoms with van der Waals surface area (Å²) in [6.45, 7) is 4.73. The van der Waals surface area contributed by atoms with E-state index in [-0.39, 0.29) is 0 Å². The van der Waals surface area contributed by atoms with E-state index in [0.29, 0.717) is 6.23 Å². The molecule has 2 atom stereocenters. The smallest absolute Gasteiger partial charge is 0.224 e. The third-order valence-corrected chi connectivity index (χ3v) is 14.2. The lowest BCUT2D eigenvalue weighted by molar-refractivity contribution is 0.374. The maximum absolute atomic E-state index is 7.09. The molecule has 3 nitrogen and oxygen atoms in total. The molecule has 5 heteroatoms. The van der Waals surface area contributed by atoms with Crippen LogP contribution in [-0.2, 0) is 10.5 Å². The minimum Gasteiger partial charge on any atom is -0.415 e. The first kappa shape index (κ1) is 23.0. The summed E-state index contributed by atoms with van der Waals surface area (Å²) in [6, 6.07) is 39.0. The third-order valence-electron chi connectivity index (χ3n) is 6.54. The first-order valence-electron chi connectivity index (χ1n) is 11.3. The van der Waals surface area contributed by atoms with Gasteiger partial charge in [0.1, 0.15) is 8.07 Å². The maximum Gasteiger partial charge on any atom is 0.224 e. The number of benzene rings is 4. The van der Waals surface area contributed by atoms with Gasteiger partial charge in [0, 0.05) is 17.6 Å². The molecule has 0 fully saturated rings. The van der Waals surface area contributed by atoms with Crippen LogP contribution in [0.5, 0.6) is 0 Å². The van der Waals surface area contributed by atoms with Gasteiger partial charge in [-0.3, -0.25) is 0 Å². The molecule has 0 aromatic heterocycles. The lowest BCUT2D eigenvalue weighted by atomic mass is 10.2. The molecule has 4 N–H and O–H groups in total. The standard InChI is InChI=1S/C28H32N2OSi2/c1-32(26-9-5-3-6-10-26,27-19-17-25(30)18-20-27)22-31-33(2,28-11-7-4-8-12-28)21-23-13-15-24(29)16-14-23/h3-20H,21-22,29-30H2,1-2H3. The van der Waals surface area contributed by atoms with Crippen molar-refractivity contribution in [1.82, 2.24) is 0 Å². The fourth-order valence-corrected chi connectivity index (χ4v) is 11.7. The minimum atomic E-state index is -2.30. The molecule has 0 aliphatic rings. The summed E-state index contributed by atoms with van der Waals surface area (Å²) in [7, 11) is -4.46. The Bertz CT molecular complexity index is 1170. The first-order valence-corrected chi connectivity index (χ1v) is 16.7. The van der Waals surface area contributed by atoms with Crippen molar-refractivity contribution in [3.63, 3.8) is 0 Å². The van der Waals surface area contributed by atoms with Gasteiger partial charge < -0.3 is 15.9 Å². The van der Waals surface area contributed by atoms with E-state index in [1.165, 1.54) is 21.1 Å². The van der Waals surface area contributed by atoms with Gasteiger partial charge in [-0.1, -0.05) is 102 Å². The van der Waals surface area contributed by atoms with Gasteiger partial charge in [-0.15, -0.1) is 0 Å². The van der Waals surface area contributed by atoms with Crippen molar-refractivity contribution in [1.29, 1.82) is 0 Å². The molecule has 0 spiro atoms. The second-order valence-electron chi connectivity index (χ2n) is 9.12. The van der Waals surface area contributed by atoms with Crippen LogP contribution in [0, 0.1) is 0 Å². The highest BCUT2D eigenvalue weighted by atomic mass is 28.4. The Kier molecular flexibility index (Phi) is 6.84. The number of rotatable bonds is 8. The van der Waals surface area contributed by atoms with E-state index in [9.17, 15) is 0 Å². The predicted octanol–water partition coefficient (Wildman–Crippen LogP) is 3.86. The summed E-state index contributed by atoms with van der Waals surface area (Å²) in [4.78, 5) is 0. The normalized spacial score (nSPS) is 14.8. The van der Waals surface area contributed by atoms with Crippen LogP contribution in [0.4, 0.5) is 11.4 Å². The van der Waals surface area contributed by atoms with Gasteiger partial charge in [0.25, 0.3) is 0 Å². The third kappa shape index (κ3) is 5.27. The molecule has 0 radical (unpaired) electrons. The predicted molar refractivity (Wildman–Crippen MR) is 146 cm³/mol. The van der Waals surface area contributed by atoms with Crippen molar-refractivity contribution < 1.29 is 4.43 Å². The summed E-state index contributed by atoms with van der Waals surface area (Å²) < 4.78 is 7.09. The van der Waals surface area contributed by atoms with Crippen molar-refractivity contribution in [3.05, 3.63) is 115 Å². The highest BCUT2D eigenvalue weighted by molar-refractivity contribution is 7.02. The molecule has 2 unspecified atom stereocenters. The Labute approximate surface area is 199 Å². The van der Waals surface area contributed by atoms with Gasteiger partial charge >= 0.3 is 0 Å². The molecule has 4 rings (SSSR count). The van der Waals surface area contributed by atoms with E-state index in [2.05, 4.69) is 98.0 Å². The van der Waals surface area contributed by atoms with E-state index in [1.54, 1.807) is 0 Å². The van der Waals surface area contributed by atoms with Crippen LogP contribution in [0.3, 0.4) is 0 Å². The molecule has 0 heterocycles. The van der Waals surface area contributed by atoms with Crippen LogP contribution in [-0.4, -0.2) is 22.6 Å². The van der Waals surface area contributed by atoms with Gasteiger partial charge in [-0.05, 0) is 47.6 Å². The largest absolute Gasteiger partial charge is 0.415 e. The van der Waals surface area contributed by atoms with Crippen molar-refractivity contribution in [2.75, 3.05) is 17.7 Å². The van der Waals surface area contributed by atoms with Crippen LogP contribution in [0.25, 0.3) is 0 Å². The monoisotopic (exact) mass is 468 g/mol. The average Bonchev–Trinajstić information content (AvgIpc) is 2.85. The zero-order valence-electron chi connectivity index (χ0n) is 19.4. The molecule has 168 valence electrons. The number of nitrogens with two attached hydrogens (primary N) is 2. The van der Waals surface area contributed by atoms with Crippen molar-refractivity contribution >= 4 is 43.3 Å². The van der Waals surface area contributed by atoms with Crippen LogP contribution in [0.1, 0.15) is 5.56 Å². The van der Waals surface area contributed by atoms with Gasteiger partial charge in [-0.2, -0.15) is 0 Å². The van der Waals surface area contributed by atoms with Gasteiger partial charge in [0.15, 0.2) is 0 Å². The van der Waals surface area contributed by atoms with E-state index in [4.69, 9.17) is 15.9 Å². The maximum atomic E-state index is 7.09. The number of nitrogen functional groups attached to an aromatic ring is 2. The van der Waals surface area contributed by atoms with Crippen LogP contribution in [0.2, 0.25) is 13.1 Å². The van der Waals surface area contributed by atoms with Gasteiger partial charge in [0.05, 0.1) is 0 Å². The minimum absolute atomic E-state index is 0.716. The zero-order valence-corrected chi connectivity index (χ0v) is 21.4. The molecule has 0 bridgehead atoms. The molecule has 0 aliphatic carbocycles. The molecule has 4 aromatic carbocycles. The fraction of sp³-hybridized carbons (Fsp3) is 0.143. The number of hydrogen-bond acceptors (Lipinski definition) is 3.